The molecule has 1 aliphatic heterocycles. The van der Waals surface area contributed by atoms with E-state index in [0.717, 1.165) is 54.8 Å². The summed E-state index contributed by atoms with van der Waals surface area (Å²) in [5.74, 6) is 0.806. The first kappa shape index (κ1) is 22.5. The van der Waals surface area contributed by atoms with Crippen LogP contribution in [-0.4, -0.2) is 62.0 Å². The maximum absolute atomic E-state index is 13.0. The Hall–Kier alpha value is -3.30. The van der Waals surface area contributed by atoms with Gasteiger partial charge < -0.3 is 9.64 Å². The molecule has 176 valence electrons. The number of carbonyl (C=O) groups excluding carboxylic acids is 1. The van der Waals surface area contributed by atoms with Gasteiger partial charge in [-0.15, -0.1) is 0 Å². The van der Waals surface area contributed by atoms with Crippen LogP contribution < -0.4 is 4.74 Å². The molecule has 34 heavy (non-hydrogen) atoms. The second kappa shape index (κ2) is 9.52. The lowest BCUT2D eigenvalue weighted by molar-refractivity contribution is 0.0818. The van der Waals surface area contributed by atoms with Crippen LogP contribution in [0.5, 0.6) is 5.75 Å². The lowest BCUT2D eigenvalue weighted by atomic mass is 10.0. The smallest absolute Gasteiger partial charge is 0.274 e. The zero-order valence-electron chi connectivity index (χ0n) is 19.7. The molecule has 0 fully saturated rings. The number of fused-ring (bicyclic) bond motifs is 2. The van der Waals surface area contributed by atoms with Gasteiger partial charge in [-0.1, -0.05) is 18.2 Å². The average Bonchev–Trinajstić information content (AvgIpc) is 3.46. The normalized spacial score (nSPS) is 13.7. The van der Waals surface area contributed by atoms with Gasteiger partial charge in [-0.3, -0.25) is 14.4 Å². The zero-order chi connectivity index (χ0) is 23.7. The number of amides is 1. The van der Waals surface area contributed by atoms with Gasteiger partial charge in [0.1, 0.15) is 16.8 Å². The summed E-state index contributed by atoms with van der Waals surface area (Å²) < 4.78 is 16.0. The molecule has 0 saturated carbocycles. The fraction of sp³-hybridized carbons (Fsp3) is 0.360. The van der Waals surface area contributed by atoms with Gasteiger partial charge >= 0.3 is 0 Å². The van der Waals surface area contributed by atoms with Crippen molar-refractivity contribution in [3.63, 3.8) is 0 Å². The summed E-state index contributed by atoms with van der Waals surface area (Å²) in [7, 11) is 5.23. The minimum atomic E-state index is -0.0451. The molecular formula is C25H28N6O2S. The predicted molar refractivity (Wildman–Crippen MR) is 132 cm³/mol. The summed E-state index contributed by atoms with van der Waals surface area (Å²) in [5, 5.41) is 4.79. The molecule has 0 aliphatic carbocycles. The number of hydrogen-bond acceptors (Lipinski definition) is 7. The Kier molecular flexibility index (Phi) is 6.30. The second-order valence-electron chi connectivity index (χ2n) is 8.84. The number of aromatic nitrogens is 4. The van der Waals surface area contributed by atoms with Crippen molar-refractivity contribution in [3.05, 3.63) is 70.5 Å². The number of nitrogens with zero attached hydrogens (tertiary/aromatic N) is 6. The second-order valence-corrected chi connectivity index (χ2v) is 9.37. The number of methoxy groups -OCH3 is 1. The Bertz CT molecular complexity index is 1310. The molecule has 0 spiro atoms. The van der Waals surface area contributed by atoms with Gasteiger partial charge in [0.25, 0.3) is 5.91 Å². The Morgan fingerprint density at radius 2 is 1.85 bits per heavy atom. The van der Waals surface area contributed by atoms with Crippen molar-refractivity contribution in [3.8, 4) is 5.75 Å². The van der Waals surface area contributed by atoms with Crippen molar-refractivity contribution < 1.29 is 9.53 Å². The molecule has 4 aromatic rings. The number of benzene rings is 2. The number of ether oxygens (including phenoxy) is 1. The first-order valence-electron chi connectivity index (χ1n) is 11.4. The molecule has 3 heterocycles. The molecular weight excluding hydrogens is 448 g/mol. The molecule has 2 aromatic carbocycles. The Labute approximate surface area is 203 Å². The minimum Gasteiger partial charge on any atom is -0.497 e. The van der Waals surface area contributed by atoms with E-state index in [1.807, 2.05) is 22.9 Å². The van der Waals surface area contributed by atoms with Gasteiger partial charge in [0, 0.05) is 58.0 Å². The summed E-state index contributed by atoms with van der Waals surface area (Å²) in [4.78, 5) is 16.9. The maximum atomic E-state index is 13.0. The van der Waals surface area contributed by atoms with E-state index in [1.165, 1.54) is 28.5 Å². The molecule has 0 atom stereocenters. The third-order valence-corrected chi connectivity index (χ3v) is 6.87. The van der Waals surface area contributed by atoms with Crippen LogP contribution >= 0.6 is 11.7 Å². The van der Waals surface area contributed by atoms with E-state index in [2.05, 4.69) is 37.9 Å². The molecule has 1 amide bonds. The lowest BCUT2D eigenvalue weighted by Gasteiger charge is -2.28. The number of hydrogen-bond donors (Lipinski definition) is 0. The molecule has 0 bridgehead atoms. The summed E-state index contributed by atoms with van der Waals surface area (Å²) in [6, 6.07) is 14.4. The van der Waals surface area contributed by atoms with Crippen molar-refractivity contribution in [2.24, 2.45) is 0 Å². The Morgan fingerprint density at radius 3 is 2.62 bits per heavy atom. The average molecular weight is 477 g/mol. The highest BCUT2D eigenvalue weighted by atomic mass is 32.1. The van der Waals surface area contributed by atoms with Gasteiger partial charge in [-0.2, -0.15) is 13.8 Å². The van der Waals surface area contributed by atoms with Gasteiger partial charge in [0.15, 0.2) is 5.69 Å². The van der Waals surface area contributed by atoms with Crippen molar-refractivity contribution >= 4 is 28.7 Å². The quantitative estimate of drug-likeness (QED) is 0.407. The fourth-order valence-electron chi connectivity index (χ4n) is 4.46. The summed E-state index contributed by atoms with van der Waals surface area (Å²) in [6.45, 7) is 3.17. The van der Waals surface area contributed by atoms with Crippen molar-refractivity contribution in [2.75, 3.05) is 27.7 Å². The highest BCUT2D eigenvalue weighted by Gasteiger charge is 2.29. The van der Waals surface area contributed by atoms with Crippen LogP contribution in [0.4, 0.5) is 0 Å². The van der Waals surface area contributed by atoms with Crippen LogP contribution in [0.1, 0.15) is 32.9 Å². The fourth-order valence-corrected chi connectivity index (χ4v) is 4.98. The molecule has 0 unspecified atom stereocenters. The van der Waals surface area contributed by atoms with E-state index in [0.29, 0.717) is 12.2 Å². The topological polar surface area (TPSA) is 76.4 Å². The first-order valence-corrected chi connectivity index (χ1v) is 12.1. The summed E-state index contributed by atoms with van der Waals surface area (Å²) >= 11 is 1.24. The minimum absolute atomic E-state index is 0.0451. The van der Waals surface area contributed by atoms with Crippen molar-refractivity contribution in [1.29, 1.82) is 0 Å². The van der Waals surface area contributed by atoms with Crippen LogP contribution in [0.3, 0.4) is 0 Å². The van der Waals surface area contributed by atoms with E-state index in [4.69, 9.17) is 9.84 Å². The third-order valence-electron chi connectivity index (χ3n) is 6.32. The largest absolute Gasteiger partial charge is 0.497 e. The standard InChI is InChI=1S/C25H28N6O2S/c1-29(2)25(32)24-20-16-30(15-18-6-9-21-22(14-18)28-34-27-21)12-11-23(20)31(26-24)13-10-17-4-7-19(33-3)8-5-17/h4-9,14H,10-13,15-16H2,1-3H3. The van der Waals surface area contributed by atoms with E-state index in [1.54, 1.807) is 26.1 Å². The lowest BCUT2D eigenvalue weighted by Crippen LogP contribution is -2.32. The van der Waals surface area contributed by atoms with Crippen molar-refractivity contribution in [2.45, 2.75) is 32.5 Å². The summed E-state index contributed by atoms with van der Waals surface area (Å²) in [6.07, 6.45) is 1.71. The zero-order valence-corrected chi connectivity index (χ0v) is 20.5. The van der Waals surface area contributed by atoms with E-state index in [-0.39, 0.29) is 5.91 Å². The van der Waals surface area contributed by atoms with Gasteiger partial charge in [-0.25, -0.2) is 0 Å². The first-order chi connectivity index (χ1) is 16.5. The SMILES string of the molecule is COc1ccc(CCn2nc(C(=O)N(C)C)c3c2CCN(Cc2ccc4nsnc4c2)C3)cc1. The van der Waals surface area contributed by atoms with Crippen LogP contribution in [0.25, 0.3) is 11.0 Å². The number of rotatable bonds is 7. The third kappa shape index (κ3) is 4.53. The van der Waals surface area contributed by atoms with E-state index >= 15 is 0 Å². The molecule has 0 N–H and O–H groups in total. The van der Waals surface area contributed by atoms with Crippen molar-refractivity contribution in [1.82, 2.24) is 28.3 Å². The van der Waals surface area contributed by atoms with Gasteiger partial charge in [0.05, 0.1) is 18.8 Å². The number of carbonyl (C=O) groups is 1. The summed E-state index contributed by atoms with van der Waals surface area (Å²) in [5.41, 5.74) is 7.09. The van der Waals surface area contributed by atoms with E-state index in [9.17, 15) is 4.79 Å². The Balaban J connectivity index is 1.36. The van der Waals surface area contributed by atoms with Gasteiger partial charge in [0.2, 0.25) is 0 Å². The molecule has 8 nitrogen and oxygen atoms in total. The van der Waals surface area contributed by atoms with Gasteiger partial charge in [-0.05, 0) is 41.8 Å². The number of aryl methyl sites for hydroxylation is 2. The molecule has 9 heteroatoms. The van der Waals surface area contributed by atoms with Crippen LogP contribution in [0, 0.1) is 0 Å². The predicted octanol–water partition coefficient (Wildman–Crippen LogP) is 3.40. The monoisotopic (exact) mass is 476 g/mol. The highest BCUT2D eigenvalue weighted by molar-refractivity contribution is 7.00. The van der Waals surface area contributed by atoms with Crippen LogP contribution in [0.2, 0.25) is 0 Å². The van der Waals surface area contributed by atoms with Crippen LogP contribution in [-0.2, 0) is 32.5 Å². The van der Waals surface area contributed by atoms with E-state index < -0.39 is 0 Å². The molecule has 2 aromatic heterocycles. The highest BCUT2D eigenvalue weighted by Crippen LogP contribution is 2.26. The Morgan fingerprint density at radius 1 is 1.09 bits per heavy atom. The molecule has 0 saturated heterocycles. The molecule has 5 rings (SSSR count). The maximum Gasteiger partial charge on any atom is 0.274 e. The molecule has 1 aliphatic rings. The van der Waals surface area contributed by atoms with Crippen LogP contribution in [0.15, 0.2) is 42.5 Å². The molecule has 0 radical (unpaired) electrons.